The fraction of sp³-hybridized carbons (Fsp3) is 0.333. The summed E-state index contributed by atoms with van der Waals surface area (Å²) in [5.74, 6) is 0.359. The van der Waals surface area contributed by atoms with Crippen LogP contribution in [-0.4, -0.2) is 31.6 Å². The van der Waals surface area contributed by atoms with E-state index in [9.17, 15) is 13.2 Å². The number of methoxy groups -OCH3 is 1. The van der Waals surface area contributed by atoms with Crippen LogP contribution in [0.2, 0.25) is 0 Å². The number of hydrogen-bond acceptors (Lipinski definition) is 5. The first-order valence-corrected chi connectivity index (χ1v) is 7.57. The highest BCUT2D eigenvalue weighted by molar-refractivity contribution is 7.13. The van der Waals surface area contributed by atoms with E-state index in [4.69, 9.17) is 4.74 Å². The second-order valence-electron chi connectivity index (χ2n) is 4.50. The summed E-state index contributed by atoms with van der Waals surface area (Å²) in [6.07, 6.45) is -5.03. The van der Waals surface area contributed by atoms with Crippen molar-refractivity contribution >= 4 is 23.7 Å². The van der Waals surface area contributed by atoms with Gasteiger partial charge in [-0.15, -0.1) is 11.3 Å². The van der Waals surface area contributed by atoms with Crippen molar-refractivity contribution in [1.29, 1.82) is 0 Å². The number of hydrogen-bond donors (Lipinski definition) is 0. The summed E-state index contributed by atoms with van der Waals surface area (Å²) in [6.45, 7) is 5.53. The molecule has 1 atom stereocenters. The number of benzene rings is 1. The summed E-state index contributed by atoms with van der Waals surface area (Å²) >= 11 is 1.30. The van der Waals surface area contributed by atoms with Gasteiger partial charge in [-0.3, -0.25) is 4.99 Å². The second-order valence-corrected chi connectivity index (χ2v) is 5.40. The molecular formula is C15H15F3N2O2S. The highest BCUT2D eigenvalue weighted by atomic mass is 32.1. The van der Waals surface area contributed by atoms with E-state index < -0.39 is 12.3 Å². The number of aliphatic imine (C=N–C) groups is 1. The zero-order valence-corrected chi connectivity index (χ0v) is 13.4. The van der Waals surface area contributed by atoms with Crippen LogP contribution in [0.3, 0.4) is 0 Å². The predicted octanol–water partition coefficient (Wildman–Crippen LogP) is 4.79. The summed E-state index contributed by atoms with van der Waals surface area (Å²) in [6, 6.07) is 2.65. The molecule has 0 saturated heterocycles. The van der Waals surface area contributed by atoms with Gasteiger partial charge >= 0.3 is 6.18 Å². The molecule has 0 aliphatic rings. The smallest absolute Gasteiger partial charge is 0.418 e. The van der Waals surface area contributed by atoms with Gasteiger partial charge in [-0.1, -0.05) is 0 Å². The first-order chi connectivity index (χ1) is 10.9. The molecule has 1 heterocycles. The van der Waals surface area contributed by atoms with Crippen LogP contribution in [-0.2, 0) is 4.74 Å². The minimum atomic E-state index is -4.54. The van der Waals surface area contributed by atoms with E-state index in [2.05, 4.69) is 21.4 Å². The topological polar surface area (TPSA) is 43.7 Å². The maximum absolute atomic E-state index is 13.1. The molecular weight excluding hydrogens is 329 g/mol. The summed E-state index contributed by atoms with van der Waals surface area (Å²) in [5, 5.41) is 2.27. The summed E-state index contributed by atoms with van der Waals surface area (Å²) in [4.78, 5) is 7.95. The molecule has 8 heteroatoms. The zero-order valence-electron chi connectivity index (χ0n) is 12.6. The quantitative estimate of drug-likeness (QED) is 0.708. The Morgan fingerprint density at radius 1 is 1.39 bits per heavy atom. The lowest BCUT2D eigenvalue weighted by molar-refractivity contribution is -0.215. The van der Waals surface area contributed by atoms with E-state index in [0.29, 0.717) is 22.9 Å². The summed E-state index contributed by atoms with van der Waals surface area (Å²) < 4.78 is 49.6. The summed E-state index contributed by atoms with van der Waals surface area (Å²) in [5.41, 5.74) is 0.588. The van der Waals surface area contributed by atoms with E-state index >= 15 is 0 Å². The number of nitrogens with zero attached hydrogens (tertiary/aromatic N) is 2. The number of thiazole rings is 1. The molecule has 2 aromatic rings. The van der Waals surface area contributed by atoms with Crippen LogP contribution in [0, 0.1) is 0 Å². The van der Waals surface area contributed by atoms with Crippen molar-refractivity contribution in [1.82, 2.24) is 4.98 Å². The van der Waals surface area contributed by atoms with Gasteiger partial charge in [0.25, 0.3) is 0 Å². The Morgan fingerprint density at radius 3 is 2.61 bits per heavy atom. The van der Waals surface area contributed by atoms with Gasteiger partial charge in [0, 0.05) is 18.7 Å². The lowest BCUT2D eigenvalue weighted by Gasteiger charge is -2.21. The van der Waals surface area contributed by atoms with Crippen molar-refractivity contribution in [2.45, 2.75) is 19.2 Å². The van der Waals surface area contributed by atoms with Crippen LogP contribution in [0.4, 0.5) is 18.9 Å². The van der Waals surface area contributed by atoms with Crippen LogP contribution < -0.4 is 4.74 Å². The van der Waals surface area contributed by atoms with E-state index in [1.54, 1.807) is 18.5 Å². The fourth-order valence-electron chi connectivity index (χ4n) is 2.17. The Hall–Kier alpha value is -1.93. The molecule has 0 radical (unpaired) electrons. The average Bonchev–Trinajstić information content (AvgIpc) is 3.01. The largest absolute Gasteiger partial charge is 0.491 e. The van der Waals surface area contributed by atoms with E-state index in [-0.39, 0.29) is 11.3 Å². The van der Waals surface area contributed by atoms with Crippen LogP contribution in [0.25, 0.3) is 10.6 Å². The number of ether oxygens (including phenoxy) is 2. The Labute approximate surface area is 135 Å². The molecule has 0 aliphatic carbocycles. The molecule has 0 saturated carbocycles. The highest BCUT2D eigenvalue weighted by Gasteiger charge is 2.42. The number of alkyl halides is 3. The van der Waals surface area contributed by atoms with Crippen molar-refractivity contribution in [3.8, 4) is 16.3 Å². The second kappa shape index (κ2) is 7.10. The Bertz CT molecular complexity index is 672. The van der Waals surface area contributed by atoms with Crippen molar-refractivity contribution < 1.29 is 22.6 Å². The van der Waals surface area contributed by atoms with Crippen molar-refractivity contribution in [2.24, 2.45) is 4.99 Å². The van der Waals surface area contributed by atoms with Gasteiger partial charge in [-0.25, -0.2) is 4.98 Å². The maximum Gasteiger partial charge on any atom is 0.418 e. The minimum Gasteiger partial charge on any atom is -0.491 e. The van der Waals surface area contributed by atoms with Gasteiger partial charge in [0.15, 0.2) is 11.9 Å². The third-order valence-electron chi connectivity index (χ3n) is 3.05. The molecule has 0 fully saturated rings. The molecule has 4 nitrogen and oxygen atoms in total. The molecule has 1 aromatic carbocycles. The molecule has 124 valence electrons. The third kappa shape index (κ3) is 3.70. The Balaban J connectivity index is 2.67. The van der Waals surface area contributed by atoms with E-state index in [0.717, 1.165) is 7.11 Å². The van der Waals surface area contributed by atoms with Gasteiger partial charge in [0.2, 0.25) is 0 Å². The normalized spacial score (nSPS) is 12.9. The molecule has 1 unspecified atom stereocenters. The Morgan fingerprint density at radius 2 is 2.13 bits per heavy atom. The van der Waals surface area contributed by atoms with Crippen molar-refractivity contribution in [2.75, 3.05) is 13.7 Å². The average molecular weight is 344 g/mol. The summed E-state index contributed by atoms with van der Waals surface area (Å²) in [7, 11) is 1.01. The Kier molecular flexibility index (Phi) is 5.38. The minimum absolute atomic E-state index is 0.0731. The van der Waals surface area contributed by atoms with Crippen LogP contribution in [0.5, 0.6) is 5.75 Å². The van der Waals surface area contributed by atoms with Gasteiger partial charge in [0.05, 0.1) is 12.2 Å². The van der Waals surface area contributed by atoms with Gasteiger partial charge in [-0.2, -0.15) is 13.2 Å². The molecule has 0 amide bonds. The maximum atomic E-state index is 13.1. The number of aromatic nitrogens is 1. The molecule has 0 spiro atoms. The molecule has 23 heavy (non-hydrogen) atoms. The van der Waals surface area contributed by atoms with Gasteiger partial charge in [-0.05, 0) is 31.3 Å². The number of rotatable bonds is 6. The fourth-order valence-corrected chi connectivity index (χ4v) is 2.83. The third-order valence-corrected chi connectivity index (χ3v) is 3.86. The molecule has 0 bridgehead atoms. The van der Waals surface area contributed by atoms with Crippen LogP contribution in [0.15, 0.2) is 28.7 Å². The highest BCUT2D eigenvalue weighted by Crippen LogP contribution is 2.44. The molecule has 0 N–H and O–H groups in total. The standard InChI is InChI=1S/C15H15F3N2O2S/c1-4-22-12-10(14-20-5-6-23-14)7-9(8-11(12)19-2)13(21-3)15(16,17)18/h5-8,13H,2,4H2,1,3H3. The van der Waals surface area contributed by atoms with E-state index in [1.807, 2.05) is 0 Å². The first kappa shape index (κ1) is 17.4. The van der Waals surface area contributed by atoms with Gasteiger partial charge in [0.1, 0.15) is 10.7 Å². The van der Waals surface area contributed by atoms with Gasteiger partial charge < -0.3 is 9.47 Å². The van der Waals surface area contributed by atoms with E-state index in [1.165, 1.54) is 23.5 Å². The zero-order chi connectivity index (χ0) is 17.0. The van der Waals surface area contributed by atoms with Crippen molar-refractivity contribution in [3.63, 3.8) is 0 Å². The SMILES string of the molecule is C=Nc1cc(C(OC)C(F)(F)F)cc(-c2nccs2)c1OCC. The van der Waals surface area contributed by atoms with Crippen LogP contribution >= 0.6 is 11.3 Å². The number of halogens is 3. The van der Waals surface area contributed by atoms with Crippen LogP contribution in [0.1, 0.15) is 18.6 Å². The van der Waals surface area contributed by atoms with Crippen molar-refractivity contribution in [3.05, 3.63) is 29.3 Å². The monoisotopic (exact) mass is 344 g/mol. The first-order valence-electron chi connectivity index (χ1n) is 6.69. The predicted molar refractivity (Wildman–Crippen MR) is 83.7 cm³/mol. The lowest BCUT2D eigenvalue weighted by atomic mass is 10.0. The molecule has 1 aromatic heterocycles. The molecule has 2 rings (SSSR count). The molecule has 0 aliphatic heterocycles. The lowest BCUT2D eigenvalue weighted by Crippen LogP contribution is -2.22.